The minimum Gasteiger partial charge on any atom is -0.350 e. The monoisotopic (exact) mass is 369 g/mol. The zero-order chi connectivity index (χ0) is 19.3. The van der Waals surface area contributed by atoms with Gasteiger partial charge in [-0.2, -0.15) is 13.2 Å². The molecule has 0 aromatic heterocycles. The summed E-state index contributed by atoms with van der Waals surface area (Å²) in [6.07, 6.45) is -3.86. The molecule has 1 heterocycles. The van der Waals surface area contributed by atoms with Crippen molar-refractivity contribution in [2.45, 2.75) is 44.4 Å². The molecular formula is C17H18F3N3O3. The number of hydrogen-bond acceptors (Lipinski definition) is 3. The molecule has 1 saturated carbocycles. The van der Waals surface area contributed by atoms with Crippen molar-refractivity contribution in [2.75, 3.05) is 0 Å². The molecule has 3 N–H and O–H groups in total. The Morgan fingerprint density at radius 2 is 1.85 bits per heavy atom. The third-order valence-electron chi connectivity index (χ3n) is 4.78. The normalized spacial score (nSPS) is 25.0. The van der Waals surface area contributed by atoms with Crippen LogP contribution in [-0.4, -0.2) is 29.4 Å². The second kappa shape index (κ2) is 5.72. The first-order valence-electron chi connectivity index (χ1n) is 8.05. The molecule has 2 fully saturated rings. The maximum absolute atomic E-state index is 12.6. The van der Waals surface area contributed by atoms with Crippen LogP contribution in [0.5, 0.6) is 0 Å². The molecule has 3 rings (SSSR count). The molecular weight excluding hydrogens is 351 g/mol. The van der Waals surface area contributed by atoms with Crippen LogP contribution in [0.4, 0.5) is 18.0 Å². The van der Waals surface area contributed by atoms with Crippen LogP contribution in [0.1, 0.15) is 31.4 Å². The number of carbonyl (C=O) groups excluding carboxylic acids is 3. The van der Waals surface area contributed by atoms with Gasteiger partial charge in [-0.1, -0.05) is 26.0 Å². The lowest BCUT2D eigenvalue weighted by Gasteiger charge is -2.24. The van der Waals surface area contributed by atoms with E-state index in [-0.39, 0.29) is 12.3 Å². The Kier molecular flexibility index (Phi) is 4.01. The van der Waals surface area contributed by atoms with Crippen molar-refractivity contribution in [3.8, 4) is 0 Å². The highest BCUT2D eigenvalue weighted by Crippen LogP contribution is 2.39. The van der Waals surface area contributed by atoms with Gasteiger partial charge in [-0.3, -0.25) is 14.9 Å². The van der Waals surface area contributed by atoms with Gasteiger partial charge in [0.25, 0.3) is 5.91 Å². The lowest BCUT2D eigenvalue weighted by molar-refractivity contribution is -0.137. The van der Waals surface area contributed by atoms with Crippen molar-refractivity contribution >= 4 is 17.8 Å². The van der Waals surface area contributed by atoms with Crippen LogP contribution in [0.25, 0.3) is 0 Å². The second-order valence-electron chi connectivity index (χ2n) is 7.37. The van der Waals surface area contributed by atoms with Gasteiger partial charge in [0.2, 0.25) is 5.91 Å². The average molecular weight is 369 g/mol. The predicted molar refractivity (Wildman–Crippen MR) is 84.9 cm³/mol. The molecule has 1 aromatic carbocycles. The maximum Gasteiger partial charge on any atom is 0.416 e. The summed E-state index contributed by atoms with van der Waals surface area (Å²) in [5.41, 5.74) is -2.12. The number of carbonyl (C=O) groups is 3. The van der Waals surface area contributed by atoms with E-state index in [2.05, 4.69) is 16.0 Å². The van der Waals surface area contributed by atoms with Crippen LogP contribution >= 0.6 is 0 Å². The largest absolute Gasteiger partial charge is 0.416 e. The number of urea groups is 1. The third kappa shape index (κ3) is 3.25. The van der Waals surface area contributed by atoms with Gasteiger partial charge in [0, 0.05) is 11.8 Å². The highest BCUT2D eigenvalue weighted by Gasteiger charge is 2.65. The van der Waals surface area contributed by atoms with Crippen molar-refractivity contribution in [1.29, 1.82) is 0 Å². The summed E-state index contributed by atoms with van der Waals surface area (Å²) in [5.74, 6) is -0.804. The van der Waals surface area contributed by atoms with E-state index >= 15 is 0 Å². The Morgan fingerprint density at radius 3 is 2.35 bits per heavy atom. The highest BCUT2D eigenvalue weighted by molar-refractivity contribution is 6.10. The fourth-order valence-electron chi connectivity index (χ4n) is 3.09. The number of amides is 4. The maximum atomic E-state index is 12.6. The molecule has 140 valence electrons. The smallest absolute Gasteiger partial charge is 0.350 e. The fourth-order valence-corrected chi connectivity index (χ4v) is 3.09. The molecule has 2 atom stereocenters. The van der Waals surface area contributed by atoms with E-state index in [0.717, 1.165) is 12.1 Å². The molecule has 1 spiro atoms. The molecule has 0 bridgehead atoms. The molecule has 26 heavy (non-hydrogen) atoms. The standard InChI is InChI=1S/C17H18F3N3O3/c1-15(2,7-9-3-5-10(6-4-9)17(18,19)20)12(24)21-11-8-16(11)13(25)22-14(26)23-16/h3-6,11H,7-8H2,1-2H3,(H,21,24)(H2,22,23,25,26)/t11-,16+/m1/s1. The summed E-state index contributed by atoms with van der Waals surface area (Å²) < 4.78 is 37.8. The molecule has 0 unspecified atom stereocenters. The van der Waals surface area contributed by atoms with E-state index < -0.39 is 40.7 Å². The van der Waals surface area contributed by atoms with E-state index in [1.54, 1.807) is 13.8 Å². The summed E-state index contributed by atoms with van der Waals surface area (Å²) in [6.45, 7) is 3.34. The molecule has 1 aliphatic heterocycles. The Morgan fingerprint density at radius 1 is 1.23 bits per heavy atom. The first kappa shape index (κ1) is 18.2. The lowest BCUT2D eigenvalue weighted by Crippen LogP contribution is -2.46. The Labute approximate surface area is 147 Å². The zero-order valence-corrected chi connectivity index (χ0v) is 14.2. The second-order valence-corrected chi connectivity index (χ2v) is 7.37. The average Bonchev–Trinajstić information content (AvgIpc) is 3.10. The fraction of sp³-hybridized carbons (Fsp3) is 0.471. The van der Waals surface area contributed by atoms with Crippen LogP contribution in [0, 0.1) is 5.41 Å². The van der Waals surface area contributed by atoms with E-state index in [1.807, 2.05) is 0 Å². The zero-order valence-electron chi connectivity index (χ0n) is 14.2. The minimum absolute atomic E-state index is 0.231. The van der Waals surface area contributed by atoms with Gasteiger partial charge in [-0.25, -0.2) is 4.79 Å². The quantitative estimate of drug-likeness (QED) is 0.707. The van der Waals surface area contributed by atoms with Gasteiger partial charge in [0.05, 0.1) is 11.6 Å². The summed E-state index contributed by atoms with van der Waals surface area (Å²) in [6, 6.07) is 3.58. The van der Waals surface area contributed by atoms with Crippen molar-refractivity contribution < 1.29 is 27.6 Å². The molecule has 6 nitrogen and oxygen atoms in total. The number of halogens is 3. The van der Waals surface area contributed by atoms with Gasteiger partial charge >= 0.3 is 12.2 Å². The summed E-state index contributed by atoms with van der Waals surface area (Å²) >= 11 is 0. The summed E-state index contributed by atoms with van der Waals surface area (Å²) in [4.78, 5) is 35.6. The van der Waals surface area contributed by atoms with Crippen LogP contribution in [0.2, 0.25) is 0 Å². The summed E-state index contributed by atoms with van der Waals surface area (Å²) in [7, 11) is 0. The number of rotatable bonds is 4. The minimum atomic E-state index is -4.40. The molecule has 9 heteroatoms. The van der Waals surface area contributed by atoms with E-state index in [9.17, 15) is 27.6 Å². The Hall–Kier alpha value is -2.58. The number of benzene rings is 1. The van der Waals surface area contributed by atoms with Crippen LogP contribution < -0.4 is 16.0 Å². The van der Waals surface area contributed by atoms with Crippen molar-refractivity contribution in [3.63, 3.8) is 0 Å². The number of imide groups is 1. The Bertz CT molecular complexity index is 774. The molecule has 1 saturated heterocycles. The van der Waals surface area contributed by atoms with Gasteiger partial charge in [0.1, 0.15) is 5.54 Å². The van der Waals surface area contributed by atoms with Gasteiger partial charge in [0.15, 0.2) is 0 Å². The highest BCUT2D eigenvalue weighted by atomic mass is 19.4. The van der Waals surface area contributed by atoms with Gasteiger partial charge in [-0.05, 0) is 24.1 Å². The topological polar surface area (TPSA) is 87.3 Å². The van der Waals surface area contributed by atoms with Gasteiger partial charge < -0.3 is 10.6 Å². The van der Waals surface area contributed by atoms with E-state index in [4.69, 9.17) is 0 Å². The number of alkyl halides is 3. The summed E-state index contributed by atoms with van der Waals surface area (Å²) in [5, 5.41) is 7.39. The van der Waals surface area contributed by atoms with Gasteiger partial charge in [-0.15, -0.1) is 0 Å². The molecule has 4 amide bonds. The SMILES string of the molecule is CC(C)(Cc1ccc(C(F)(F)F)cc1)C(=O)N[C@@H]1C[C@]12NC(=O)NC2=O. The van der Waals surface area contributed by atoms with Crippen molar-refractivity contribution in [3.05, 3.63) is 35.4 Å². The van der Waals surface area contributed by atoms with E-state index in [1.165, 1.54) is 12.1 Å². The first-order valence-corrected chi connectivity index (χ1v) is 8.05. The number of hydrogen-bond donors (Lipinski definition) is 3. The molecule has 2 aliphatic rings. The molecule has 1 aromatic rings. The predicted octanol–water partition coefficient (Wildman–Crippen LogP) is 1.74. The molecule has 0 radical (unpaired) electrons. The van der Waals surface area contributed by atoms with Crippen LogP contribution in [-0.2, 0) is 22.2 Å². The van der Waals surface area contributed by atoms with Crippen LogP contribution in [0.15, 0.2) is 24.3 Å². The molecule has 1 aliphatic carbocycles. The van der Waals surface area contributed by atoms with Crippen molar-refractivity contribution in [1.82, 2.24) is 16.0 Å². The third-order valence-corrected chi connectivity index (χ3v) is 4.78. The lowest BCUT2D eigenvalue weighted by atomic mass is 9.84. The van der Waals surface area contributed by atoms with Crippen molar-refractivity contribution in [2.24, 2.45) is 5.41 Å². The first-order chi connectivity index (χ1) is 11.9. The Balaban J connectivity index is 1.62. The van der Waals surface area contributed by atoms with E-state index in [0.29, 0.717) is 12.0 Å². The number of nitrogens with one attached hydrogen (secondary N) is 3. The van der Waals surface area contributed by atoms with Crippen LogP contribution in [0.3, 0.4) is 0 Å².